The van der Waals surface area contributed by atoms with Crippen LogP contribution < -0.4 is 21.5 Å². The fraction of sp³-hybridized carbons (Fsp3) is 0.529. The van der Waals surface area contributed by atoms with Gasteiger partial charge in [-0.2, -0.15) is 4.37 Å². The van der Waals surface area contributed by atoms with Crippen molar-refractivity contribution in [1.29, 1.82) is 0 Å². The van der Waals surface area contributed by atoms with Crippen LogP contribution in [0.1, 0.15) is 32.6 Å². The van der Waals surface area contributed by atoms with Gasteiger partial charge in [0.2, 0.25) is 5.13 Å². The van der Waals surface area contributed by atoms with E-state index < -0.39 is 15.8 Å². The molecular formula is C17H25FN6O2S2. The Morgan fingerprint density at radius 2 is 2.14 bits per heavy atom. The van der Waals surface area contributed by atoms with E-state index in [-0.39, 0.29) is 33.2 Å². The van der Waals surface area contributed by atoms with Crippen molar-refractivity contribution >= 4 is 32.4 Å². The lowest BCUT2D eigenvalue weighted by molar-refractivity contribution is 0.189. The third kappa shape index (κ3) is 4.96. The molecule has 0 radical (unpaired) electrons. The van der Waals surface area contributed by atoms with Crippen molar-refractivity contribution in [1.82, 2.24) is 9.36 Å². The van der Waals surface area contributed by atoms with Crippen molar-refractivity contribution in [3.8, 4) is 0 Å². The number of aromatic nitrogens is 2. The molecule has 1 heterocycles. The van der Waals surface area contributed by atoms with Gasteiger partial charge in [0.15, 0.2) is 0 Å². The summed E-state index contributed by atoms with van der Waals surface area (Å²) >= 11 is 0.897. The molecule has 1 aromatic carbocycles. The van der Waals surface area contributed by atoms with Gasteiger partial charge in [0.1, 0.15) is 12.1 Å². The first-order valence-electron chi connectivity index (χ1n) is 9.06. The summed E-state index contributed by atoms with van der Waals surface area (Å²) in [6, 6.07) is 3.63. The highest BCUT2D eigenvalue weighted by atomic mass is 32.2. The molecule has 1 unspecified atom stereocenters. The van der Waals surface area contributed by atoms with Crippen LogP contribution in [0.25, 0.3) is 0 Å². The molecule has 0 amide bonds. The van der Waals surface area contributed by atoms with Gasteiger partial charge in [0.05, 0.1) is 10.6 Å². The van der Waals surface area contributed by atoms with E-state index in [9.17, 15) is 12.8 Å². The SMILES string of the molecule is C[C@@H](N)C(CNc1ccc(S(=O)(=O)Nc2ncns2)cc1F)CC1(N)CCC1. The topological polar surface area (TPSA) is 136 Å². The van der Waals surface area contributed by atoms with Gasteiger partial charge < -0.3 is 16.8 Å². The first-order valence-corrected chi connectivity index (χ1v) is 11.3. The van der Waals surface area contributed by atoms with Crippen LogP contribution in [0.2, 0.25) is 0 Å². The lowest BCUT2D eigenvalue weighted by atomic mass is 9.71. The number of nitrogens with one attached hydrogen (secondary N) is 2. The van der Waals surface area contributed by atoms with E-state index >= 15 is 0 Å². The quantitative estimate of drug-likeness (QED) is 0.480. The highest BCUT2D eigenvalue weighted by Crippen LogP contribution is 2.35. The average molecular weight is 429 g/mol. The van der Waals surface area contributed by atoms with Crippen molar-refractivity contribution in [2.45, 2.75) is 49.1 Å². The zero-order valence-electron chi connectivity index (χ0n) is 15.6. The Morgan fingerprint density at radius 3 is 2.68 bits per heavy atom. The zero-order chi connectivity index (χ0) is 20.4. The second-order valence-corrected chi connectivity index (χ2v) is 9.88. The number of anilines is 2. The molecule has 0 aliphatic heterocycles. The van der Waals surface area contributed by atoms with Gasteiger partial charge in [0, 0.05) is 29.7 Å². The van der Waals surface area contributed by atoms with Crippen molar-refractivity contribution in [2.75, 3.05) is 16.6 Å². The number of halogens is 1. The highest BCUT2D eigenvalue weighted by Gasteiger charge is 2.35. The van der Waals surface area contributed by atoms with Gasteiger partial charge in [-0.15, -0.1) is 0 Å². The third-order valence-electron chi connectivity index (χ3n) is 5.15. The molecule has 1 aromatic heterocycles. The molecule has 8 nitrogen and oxygen atoms in total. The second-order valence-electron chi connectivity index (χ2n) is 7.41. The summed E-state index contributed by atoms with van der Waals surface area (Å²) in [7, 11) is -3.93. The Labute approximate surface area is 168 Å². The number of rotatable bonds is 9. The fourth-order valence-electron chi connectivity index (χ4n) is 3.24. The number of nitrogens with zero attached hydrogens (tertiary/aromatic N) is 2. The van der Waals surface area contributed by atoms with Crippen LogP contribution in [0.3, 0.4) is 0 Å². The molecule has 6 N–H and O–H groups in total. The van der Waals surface area contributed by atoms with Gasteiger partial charge in [-0.3, -0.25) is 4.72 Å². The summed E-state index contributed by atoms with van der Waals surface area (Å²) in [5, 5.41) is 3.16. The molecule has 2 atom stereocenters. The maximum absolute atomic E-state index is 14.5. The number of hydrogen-bond acceptors (Lipinski definition) is 8. The number of benzene rings is 1. The van der Waals surface area contributed by atoms with E-state index in [4.69, 9.17) is 11.5 Å². The summed E-state index contributed by atoms with van der Waals surface area (Å²) < 4.78 is 45.1. The number of sulfonamides is 1. The standard InChI is InChI=1S/C17H25FN6O2S2/c1-11(19)12(8-17(20)5-2-6-17)9-21-15-4-3-13(7-14(15)18)28(25,26)24-16-22-10-23-27-16/h3-4,7,10-12,21H,2,5-6,8-9,19-20H2,1H3,(H,22,23,24)/t11-,12?/m1/s1. The molecule has 1 fully saturated rings. The van der Waals surface area contributed by atoms with E-state index in [1.54, 1.807) is 0 Å². The van der Waals surface area contributed by atoms with Gasteiger partial charge in [-0.1, -0.05) is 0 Å². The van der Waals surface area contributed by atoms with E-state index in [1.165, 1.54) is 18.5 Å². The summed E-state index contributed by atoms with van der Waals surface area (Å²) in [6.07, 6.45) is 5.11. The van der Waals surface area contributed by atoms with Crippen LogP contribution in [-0.4, -0.2) is 35.9 Å². The first kappa shape index (κ1) is 20.9. The molecule has 28 heavy (non-hydrogen) atoms. The number of hydrogen-bond donors (Lipinski definition) is 4. The second kappa shape index (κ2) is 8.27. The Hall–Kier alpha value is -1.82. The van der Waals surface area contributed by atoms with Crippen molar-refractivity contribution in [3.05, 3.63) is 30.3 Å². The maximum Gasteiger partial charge on any atom is 0.263 e. The van der Waals surface area contributed by atoms with Crippen LogP contribution in [0.4, 0.5) is 15.2 Å². The average Bonchev–Trinajstić information content (AvgIpc) is 3.09. The minimum absolute atomic E-state index is 0.0900. The Morgan fingerprint density at radius 1 is 1.39 bits per heavy atom. The summed E-state index contributed by atoms with van der Waals surface area (Å²) in [6.45, 7) is 2.38. The third-order valence-corrected chi connectivity index (χ3v) is 7.20. The smallest absolute Gasteiger partial charge is 0.263 e. The Bertz CT molecular complexity index is 900. The molecule has 154 valence electrons. The largest absolute Gasteiger partial charge is 0.382 e. The van der Waals surface area contributed by atoms with Gasteiger partial charge >= 0.3 is 0 Å². The van der Waals surface area contributed by atoms with Gasteiger partial charge in [-0.25, -0.2) is 17.8 Å². The van der Waals surface area contributed by atoms with Crippen molar-refractivity contribution < 1.29 is 12.8 Å². The van der Waals surface area contributed by atoms with Crippen LogP contribution in [0.5, 0.6) is 0 Å². The Balaban J connectivity index is 1.66. The molecule has 0 bridgehead atoms. The minimum Gasteiger partial charge on any atom is -0.382 e. The maximum atomic E-state index is 14.5. The lowest BCUT2D eigenvalue weighted by Gasteiger charge is -2.41. The molecule has 1 aliphatic rings. The minimum atomic E-state index is -3.93. The Kier molecular flexibility index (Phi) is 6.18. The number of nitrogens with two attached hydrogens (primary N) is 2. The molecule has 1 saturated carbocycles. The van der Waals surface area contributed by atoms with E-state index in [0.717, 1.165) is 43.3 Å². The molecular weight excluding hydrogens is 403 g/mol. The van der Waals surface area contributed by atoms with Gasteiger partial charge in [-0.05, 0) is 56.7 Å². The monoisotopic (exact) mass is 428 g/mol. The van der Waals surface area contributed by atoms with E-state index in [2.05, 4.69) is 19.4 Å². The molecule has 1 aliphatic carbocycles. The summed E-state index contributed by atoms with van der Waals surface area (Å²) in [4.78, 5) is 3.57. The van der Waals surface area contributed by atoms with Crippen molar-refractivity contribution in [2.24, 2.45) is 17.4 Å². The first-order chi connectivity index (χ1) is 13.2. The lowest BCUT2D eigenvalue weighted by Crippen LogP contribution is -2.50. The summed E-state index contributed by atoms with van der Waals surface area (Å²) in [5.41, 5.74) is 12.5. The summed E-state index contributed by atoms with van der Waals surface area (Å²) in [5.74, 6) is -0.568. The molecule has 0 spiro atoms. The predicted octanol–water partition coefficient (Wildman–Crippen LogP) is 2.12. The molecule has 3 rings (SSSR count). The van der Waals surface area contributed by atoms with Crippen molar-refractivity contribution in [3.63, 3.8) is 0 Å². The van der Waals surface area contributed by atoms with E-state index in [0.29, 0.717) is 6.54 Å². The normalized spacial score (nSPS) is 18.1. The van der Waals surface area contributed by atoms with Gasteiger partial charge in [0.25, 0.3) is 10.0 Å². The fourth-order valence-corrected chi connectivity index (χ4v) is 4.91. The predicted molar refractivity (Wildman–Crippen MR) is 108 cm³/mol. The van der Waals surface area contributed by atoms with Crippen LogP contribution in [0, 0.1) is 11.7 Å². The van der Waals surface area contributed by atoms with Crippen LogP contribution in [-0.2, 0) is 10.0 Å². The van der Waals surface area contributed by atoms with E-state index in [1.807, 2.05) is 6.92 Å². The van der Waals surface area contributed by atoms with Crippen LogP contribution in [0.15, 0.2) is 29.4 Å². The zero-order valence-corrected chi connectivity index (χ0v) is 17.2. The molecule has 2 aromatic rings. The van der Waals surface area contributed by atoms with Crippen LogP contribution >= 0.6 is 11.5 Å². The molecule has 0 saturated heterocycles. The molecule has 11 heteroatoms. The highest BCUT2D eigenvalue weighted by molar-refractivity contribution is 7.93.